The third kappa shape index (κ3) is 3.88. The Kier molecular flexibility index (Phi) is 6.32. The number of nitrogens with zero attached hydrogens (tertiary/aromatic N) is 1. The first-order valence-corrected chi connectivity index (χ1v) is 7.95. The van der Waals surface area contributed by atoms with Crippen molar-refractivity contribution in [3.63, 3.8) is 0 Å². The fourth-order valence-electron chi connectivity index (χ4n) is 1.89. The molecule has 0 atom stereocenters. The van der Waals surface area contributed by atoms with Crippen molar-refractivity contribution in [1.82, 2.24) is 9.62 Å². The first-order valence-electron chi connectivity index (χ1n) is 6.51. The maximum Gasteiger partial charge on any atom is 0.243 e. The smallest absolute Gasteiger partial charge is 0.243 e. The van der Waals surface area contributed by atoms with Crippen molar-refractivity contribution in [2.45, 2.75) is 24.8 Å². The molecule has 6 heteroatoms. The summed E-state index contributed by atoms with van der Waals surface area (Å²) in [5.74, 6) is -0.413. The maximum absolute atomic E-state index is 13.6. The van der Waals surface area contributed by atoms with Crippen molar-refractivity contribution in [3.8, 4) is 0 Å². The van der Waals surface area contributed by atoms with Gasteiger partial charge < -0.3 is 5.32 Å². The van der Waals surface area contributed by atoms with E-state index >= 15 is 0 Å². The van der Waals surface area contributed by atoms with Crippen LogP contribution in [0.15, 0.2) is 35.7 Å². The van der Waals surface area contributed by atoms with Crippen LogP contribution in [0, 0.1) is 5.82 Å². The maximum atomic E-state index is 13.6. The van der Waals surface area contributed by atoms with Gasteiger partial charge in [0, 0.05) is 25.2 Å². The molecule has 20 heavy (non-hydrogen) atoms. The molecule has 1 aromatic rings. The van der Waals surface area contributed by atoms with E-state index in [-0.39, 0.29) is 18.0 Å². The summed E-state index contributed by atoms with van der Waals surface area (Å²) in [4.78, 5) is 0.111. The van der Waals surface area contributed by atoms with Gasteiger partial charge in [-0.2, -0.15) is 4.31 Å². The molecule has 0 amide bonds. The molecule has 0 spiro atoms. The molecule has 0 aliphatic heterocycles. The van der Waals surface area contributed by atoms with Gasteiger partial charge in [0.1, 0.15) is 5.82 Å². The van der Waals surface area contributed by atoms with Crippen LogP contribution in [-0.2, 0) is 16.6 Å². The largest absolute Gasteiger partial charge is 0.316 e. The summed E-state index contributed by atoms with van der Waals surface area (Å²) < 4.78 is 40.0. The quantitative estimate of drug-likeness (QED) is 0.748. The van der Waals surface area contributed by atoms with E-state index in [2.05, 4.69) is 11.9 Å². The zero-order chi connectivity index (χ0) is 15.2. The van der Waals surface area contributed by atoms with Crippen LogP contribution in [0.4, 0.5) is 4.39 Å². The van der Waals surface area contributed by atoms with Crippen molar-refractivity contribution in [1.29, 1.82) is 0 Å². The highest BCUT2D eigenvalue weighted by atomic mass is 32.2. The Morgan fingerprint density at radius 2 is 2.15 bits per heavy atom. The molecular formula is C14H21FN2O2S. The molecule has 1 aromatic carbocycles. The average molecular weight is 300 g/mol. The second kappa shape index (κ2) is 7.52. The van der Waals surface area contributed by atoms with Gasteiger partial charge in [-0.05, 0) is 31.7 Å². The lowest BCUT2D eigenvalue weighted by Gasteiger charge is -2.20. The lowest BCUT2D eigenvalue weighted by Crippen LogP contribution is -2.32. The van der Waals surface area contributed by atoms with E-state index in [4.69, 9.17) is 0 Å². The lowest BCUT2D eigenvalue weighted by molar-refractivity contribution is 0.441. The standard InChI is InChI=1S/C14H21FN2O2S/c1-4-8-17(9-5-2)20(18,19)13-6-7-14(15)12(10-13)11-16-3/h4,6-7,10,16H,1,5,8-9,11H2,2-3H3. The Labute approximate surface area is 120 Å². The van der Waals surface area contributed by atoms with Crippen molar-refractivity contribution >= 4 is 10.0 Å². The van der Waals surface area contributed by atoms with Gasteiger partial charge in [0.25, 0.3) is 0 Å². The second-order valence-electron chi connectivity index (χ2n) is 4.44. The normalized spacial score (nSPS) is 11.8. The van der Waals surface area contributed by atoms with Crippen LogP contribution in [0.3, 0.4) is 0 Å². The van der Waals surface area contributed by atoms with Gasteiger partial charge in [0.2, 0.25) is 10.0 Å². The predicted molar refractivity (Wildman–Crippen MR) is 78.4 cm³/mol. The molecule has 112 valence electrons. The number of halogens is 1. The second-order valence-corrected chi connectivity index (χ2v) is 6.37. The Balaban J connectivity index is 3.19. The van der Waals surface area contributed by atoms with Crippen LogP contribution in [0.1, 0.15) is 18.9 Å². The molecule has 1 N–H and O–H groups in total. The average Bonchev–Trinajstić information content (AvgIpc) is 2.41. The first-order chi connectivity index (χ1) is 9.47. The highest BCUT2D eigenvalue weighted by Crippen LogP contribution is 2.19. The summed E-state index contributed by atoms with van der Waals surface area (Å²) in [5.41, 5.74) is 0.337. The summed E-state index contributed by atoms with van der Waals surface area (Å²) in [6.45, 7) is 6.42. The molecule has 0 aliphatic carbocycles. The molecule has 0 saturated heterocycles. The minimum atomic E-state index is -3.62. The number of sulfonamides is 1. The van der Waals surface area contributed by atoms with Gasteiger partial charge in [-0.3, -0.25) is 0 Å². The van der Waals surface area contributed by atoms with E-state index in [1.54, 1.807) is 13.1 Å². The number of benzene rings is 1. The van der Waals surface area contributed by atoms with Gasteiger partial charge in [-0.1, -0.05) is 13.0 Å². The summed E-state index contributed by atoms with van der Waals surface area (Å²) in [6, 6.07) is 3.88. The SMILES string of the molecule is C=CCN(CCC)S(=O)(=O)c1ccc(F)c(CNC)c1. The molecule has 0 aromatic heterocycles. The van der Waals surface area contributed by atoms with Crippen LogP contribution in [0.25, 0.3) is 0 Å². The molecule has 1 rings (SSSR count). The third-order valence-corrected chi connectivity index (χ3v) is 4.69. The fraction of sp³-hybridized carbons (Fsp3) is 0.429. The van der Waals surface area contributed by atoms with Crippen molar-refractivity contribution < 1.29 is 12.8 Å². The van der Waals surface area contributed by atoms with E-state index in [1.165, 1.54) is 22.5 Å². The van der Waals surface area contributed by atoms with Crippen LogP contribution >= 0.6 is 0 Å². The Morgan fingerprint density at radius 1 is 1.45 bits per heavy atom. The Hall–Kier alpha value is -1.24. The van der Waals surface area contributed by atoms with Crippen molar-refractivity contribution in [2.24, 2.45) is 0 Å². The molecule has 0 fully saturated rings. The summed E-state index contributed by atoms with van der Waals surface area (Å²) in [6.07, 6.45) is 2.25. The topological polar surface area (TPSA) is 49.4 Å². The van der Waals surface area contributed by atoms with Gasteiger partial charge in [-0.15, -0.1) is 6.58 Å². The van der Waals surface area contributed by atoms with Crippen LogP contribution in [-0.4, -0.2) is 32.9 Å². The van der Waals surface area contributed by atoms with E-state index < -0.39 is 15.8 Å². The highest BCUT2D eigenvalue weighted by Gasteiger charge is 2.23. The molecule has 0 saturated carbocycles. The van der Waals surface area contributed by atoms with Gasteiger partial charge >= 0.3 is 0 Å². The van der Waals surface area contributed by atoms with Crippen LogP contribution < -0.4 is 5.32 Å². The van der Waals surface area contributed by atoms with E-state index in [0.717, 1.165) is 0 Å². The number of nitrogens with one attached hydrogen (secondary N) is 1. The Bertz CT molecular complexity index is 558. The minimum Gasteiger partial charge on any atom is -0.316 e. The number of hydrogen-bond acceptors (Lipinski definition) is 3. The minimum absolute atomic E-state index is 0.111. The zero-order valence-electron chi connectivity index (χ0n) is 11.9. The van der Waals surface area contributed by atoms with Gasteiger partial charge in [-0.25, -0.2) is 12.8 Å². The van der Waals surface area contributed by atoms with E-state index in [9.17, 15) is 12.8 Å². The summed E-state index contributed by atoms with van der Waals surface area (Å²) in [7, 11) is -1.93. The van der Waals surface area contributed by atoms with Crippen molar-refractivity contribution in [2.75, 3.05) is 20.1 Å². The van der Waals surface area contributed by atoms with Gasteiger partial charge in [0.05, 0.1) is 4.90 Å². The van der Waals surface area contributed by atoms with Gasteiger partial charge in [0.15, 0.2) is 0 Å². The monoisotopic (exact) mass is 300 g/mol. The predicted octanol–water partition coefficient (Wildman–Crippen LogP) is 2.13. The summed E-state index contributed by atoms with van der Waals surface area (Å²) >= 11 is 0. The third-order valence-electron chi connectivity index (χ3n) is 2.83. The van der Waals surface area contributed by atoms with E-state index in [1.807, 2.05) is 6.92 Å². The molecule has 0 unspecified atom stereocenters. The molecule has 4 nitrogen and oxygen atoms in total. The first kappa shape index (κ1) is 16.8. The van der Waals surface area contributed by atoms with Crippen molar-refractivity contribution in [3.05, 3.63) is 42.2 Å². The highest BCUT2D eigenvalue weighted by molar-refractivity contribution is 7.89. The lowest BCUT2D eigenvalue weighted by atomic mass is 10.2. The molecule has 0 radical (unpaired) electrons. The van der Waals surface area contributed by atoms with E-state index in [0.29, 0.717) is 18.5 Å². The zero-order valence-corrected chi connectivity index (χ0v) is 12.7. The molecule has 0 aliphatic rings. The molecule has 0 heterocycles. The molecular weight excluding hydrogens is 279 g/mol. The Morgan fingerprint density at radius 3 is 2.70 bits per heavy atom. The number of rotatable bonds is 8. The fourth-order valence-corrected chi connectivity index (χ4v) is 3.44. The molecule has 0 bridgehead atoms. The van der Waals surface area contributed by atoms with Crippen LogP contribution in [0.5, 0.6) is 0 Å². The summed E-state index contributed by atoms with van der Waals surface area (Å²) in [5, 5.41) is 2.82. The van der Waals surface area contributed by atoms with Crippen LogP contribution in [0.2, 0.25) is 0 Å². The number of hydrogen-bond donors (Lipinski definition) is 1.